The molecule has 2 N–H and O–H groups in total. The average Bonchev–Trinajstić information content (AvgIpc) is 2.19. The van der Waals surface area contributed by atoms with Crippen LogP contribution in [0.3, 0.4) is 0 Å². The van der Waals surface area contributed by atoms with Crippen LogP contribution in [0, 0.1) is 17.3 Å². The lowest BCUT2D eigenvalue weighted by atomic mass is 10.1. The van der Waals surface area contributed by atoms with Crippen molar-refractivity contribution in [3.05, 3.63) is 35.4 Å². The van der Waals surface area contributed by atoms with E-state index in [-0.39, 0.29) is 6.61 Å². The zero-order chi connectivity index (χ0) is 9.52. The topological polar surface area (TPSA) is 44.1 Å². The lowest BCUT2D eigenvalue weighted by Gasteiger charge is -1.91. The van der Waals surface area contributed by atoms with Gasteiger partial charge in [0, 0.05) is 18.2 Å². The molecule has 0 radical (unpaired) electrons. The average molecular weight is 173 g/mol. The standard InChI is InChI=1S/C11H11NO/c12-9-11-6-4-10(5-7-11)3-1-2-8-13/h4-7,9,12-13H,2,8H2. The molecule has 0 saturated heterocycles. The van der Waals surface area contributed by atoms with E-state index in [9.17, 15) is 0 Å². The van der Waals surface area contributed by atoms with Crippen molar-refractivity contribution in [1.29, 1.82) is 5.41 Å². The van der Waals surface area contributed by atoms with Gasteiger partial charge in [-0.05, 0) is 17.7 Å². The molecule has 0 aliphatic rings. The van der Waals surface area contributed by atoms with E-state index >= 15 is 0 Å². The summed E-state index contributed by atoms with van der Waals surface area (Å²) in [4.78, 5) is 0. The van der Waals surface area contributed by atoms with Crippen molar-refractivity contribution in [2.75, 3.05) is 6.61 Å². The molecule has 0 bridgehead atoms. The van der Waals surface area contributed by atoms with E-state index in [2.05, 4.69) is 11.8 Å². The van der Waals surface area contributed by atoms with Gasteiger partial charge in [0.2, 0.25) is 0 Å². The number of hydrogen-bond donors (Lipinski definition) is 2. The van der Waals surface area contributed by atoms with Crippen molar-refractivity contribution in [2.45, 2.75) is 6.42 Å². The Labute approximate surface area is 77.7 Å². The highest BCUT2D eigenvalue weighted by Crippen LogP contribution is 2.00. The van der Waals surface area contributed by atoms with Crippen molar-refractivity contribution in [3.63, 3.8) is 0 Å². The van der Waals surface area contributed by atoms with Gasteiger partial charge >= 0.3 is 0 Å². The Balaban J connectivity index is 2.71. The summed E-state index contributed by atoms with van der Waals surface area (Å²) in [5.74, 6) is 5.74. The van der Waals surface area contributed by atoms with Gasteiger partial charge in [0.05, 0.1) is 6.61 Å². The summed E-state index contributed by atoms with van der Waals surface area (Å²) in [5, 5.41) is 15.5. The van der Waals surface area contributed by atoms with Crippen molar-refractivity contribution in [3.8, 4) is 11.8 Å². The molecule has 0 unspecified atom stereocenters. The first-order chi connectivity index (χ1) is 6.36. The fourth-order valence-electron chi connectivity index (χ4n) is 0.883. The number of hydrogen-bond acceptors (Lipinski definition) is 2. The molecule has 2 nitrogen and oxygen atoms in total. The van der Waals surface area contributed by atoms with Crippen LogP contribution in [-0.2, 0) is 0 Å². The smallest absolute Gasteiger partial charge is 0.0540 e. The number of nitrogens with one attached hydrogen (secondary N) is 1. The van der Waals surface area contributed by atoms with E-state index in [0.717, 1.165) is 11.1 Å². The third-order valence-electron chi connectivity index (χ3n) is 1.55. The molecule has 0 fully saturated rings. The van der Waals surface area contributed by atoms with Gasteiger partial charge in [0.1, 0.15) is 0 Å². The van der Waals surface area contributed by atoms with Crippen molar-refractivity contribution in [2.24, 2.45) is 0 Å². The molecule has 0 atom stereocenters. The second-order valence-electron chi connectivity index (χ2n) is 2.54. The summed E-state index contributed by atoms with van der Waals surface area (Å²) in [7, 11) is 0. The molecular formula is C11H11NO. The monoisotopic (exact) mass is 173 g/mol. The highest BCUT2D eigenvalue weighted by molar-refractivity contribution is 5.76. The predicted octanol–water partition coefficient (Wildman–Crippen LogP) is 1.42. The quantitative estimate of drug-likeness (QED) is 0.515. The van der Waals surface area contributed by atoms with Crippen molar-refractivity contribution < 1.29 is 5.11 Å². The molecule has 0 amide bonds. The minimum Gasteiger partial charge on any atom is -0.395 e. The molecule has 1 rings (SSSR count). The molecular weight excluding hydrogens is 162 g/mol. The number of benzene rings is 1. The van der Waals surface area contributed by atoms with Crippen LogP contribution in [0.25, 0.3) is 0 Å². The summed E-state index contributed by atoms with van der Waals surface area (Å²) in [6.07, 6.45) is 1.80. The minimum atomic E-state index is 0.103. The third-order valence-corrected chi connectivity index (χ3v) is 1.55. The van der Waals surface area contributed by atoms with Gasteiger partial charge in [-0.1, -0.05) is 24.0 Å². The van der Waals surface area contributed by atoms with Gasteiger partial charge < -0.3 is 10.5 Å². The van der Waals surface area contributed by atoms with Crippen LogP contribution in [0.1, 0.15) is 17.5 Å². The SMILES string of the molecule is N=Cc1ccc(C#CCCO)cc1. The second-order valence-corrected chi connectivity index (χ2v) is 2.54. The van der Waals surface area contributed by atoms with Crippen LogP contribution in [0.2, 0.25) is 0 Å². The molecule has 0 heterocycles. The zero-order valence-corrected chi connectivity index (χ0v) is 7.25. The summed E-state index contributed by atoms with van der Waals surface area (Å²) in [5.41, 5.74) is 1.78. The molecule has 0 spiro atoms. The van der Waals surface area contributed by atoms with E-state index in [1.165, 1.54) is 6.21 Å². The summed E-state index contributed by atoms with van der Waals surface area (Å²) >= 11 is 0. The highest BCUT2D eigenvalue weighted by Gasteiger charge is 1.86. The number of rotatable bonds is 2. The molecule has 0 aliphatic carbocycles. The Bertz CT molecular complexity index is 329. The van der Waals surface area contributed by atoms with Crippen LogP contribution in [0.4, 0.5) is 0 Å². The summed E-state index contributed by atoms with van der Waals surface area (Å²) < 4.78 is 0. The van der Waals surface area contributed by atoms with Gasteiger partial charge in [0.15, 0.2) is 0 Å². The maximum absolute atomic E-state index is 8.49. The molecule has 0 aromatic heterocycles. The Kier molecular flexibility index (Phi) is 3.74. The largest absolute Gasteiger partial charge is 0.395 e. The number of aliphatic hydroxyl groups excluding tert-OH is 1. The Morgan fingerprint density at radius 1 is 1.31 bits per heavy atom. The highest BCUT2D eigenvalue weighted by atomic mass is 16.2. The second kappa shape index (κ2) is 5.13. The molecule has 1 aromatic rings. The first-order valence-electron chi connectivity index (χ1n) is 4.07. The van der Waals surface area contributed by atoms with Gasteiger partial charge in [0.25, 0.3) is 0 Å². The Morgan fingerprint density at radius 2 is 2.00 bits per heavy atom. The van der Waals surface area contributed by atoms with Crippen molar-refractivity contribution in [1.82, 2.24) is 0 Å². The molecule has 0 saturated carbocycles. The number of aliphatic hydroxyl groups is 1. The van der Waals surface area contributed by atoms with Crippen LogP contribution >= 0.6 is 0 Å². The van der Waals surface area contributed by atoms with E-state index in [1.54, 1.807) is 0 Å². The molecule has 2 heteroatoms. The fraction of sp³-hybridized carbons (Fsp3) is 0.182. The third kappa shape index (κ3) is 3.10. The van der Waals surface area contributed by atoms with Gasteiger partial charge in [-0.15, -0.1) is 0 Å². The minimum absolute atomic E-state index is 0.103. The first-order valence-corrected chi connectivity index (χ1v) is 4.07. The van der Waals surface area contributed by atoms with E-state index in [1.807, 2.05) is 24.3 Å². The maximum Gasteiger partial charge on any atom is 0.0540 e. The maximum atomic E-state index is 8.49. The van der Waals surface area contributed by atoms with E-state index in [4.69, 9.17) is 10.5 Å². The molecule has 66 valence electrons. The van der Waals surface area contributed by atoms with Crippen LogP contribution in [-0.4, -0.2) is 17.9 Å². The van der Waals surface area contributed by atoms with E-state index < -0.39 is 0 Å². The van der Waals surface area contributed by atoms with Gasteiger partial charge in [-0.2, -0.15) is 0 Å². The first kappa shape index (κ1) is 9.50. The van der Waals surface area contributed by atoms with Gasteiger partial charge in [-0.25, -0.2) is 0 Å². The summed E-state index contributed by atoms with van der Waals surface area (Å²) in [6, 6.07) is 7.42. The fourth-order valence-corrected chi connectivity index (χ4v) is 0.883. The van der Waals surface area contributed by atoms with Crippen LogP contribution < -0.4 is 0 Å². The normalized spacial score (nSPS) is 8.69. The Morgan fingerprint density at radius 3 is 2.54 bits per heavy atom. The Hall–Kier alpha value is -1.59. The zero-order valence-electron chi connectivity index (χ0n) is 7.25. The summed E-state index contributed by atoms with van der Waals surface area (Å²) in [6.45, 7) is 0.103. The van der Waals surface area contributed by atoms with Crippen molar-refractivity contribution >= 4 is 6.21 Å². The lowest BCUT2D eigenvalue weighted by molar-refractivity contribution is 0.305. The van der Waals surface area contributed by atoms with Crippen LogP contribution in [0.5, 0.6) is 0 Å². The molecule has 1 aromatic carbocycles. The van der Waals surface area contributed by atoms with E-state index in [0.29, 0.717) is 6.42 Å². The molecule has 0 aliphatic heterocycles. The predicted molar refractivity (Wildman–Crippen MR) is 52.9 cm³/mol. The lowest BCUT2D eigenvalue weighted by Crippen LogP contribution is -1.80. The molecule has 13 heavy (non-hydrogen) atoms. The van der Waals surface area contributed by atoms with Crippen LogP contribution in [0.15, 0.2) is 24.3 Å². The van der Waals surface area contributed by atoms with Gasteiger partial charge in [-0.3, -0.25) is 0 Å².